The van der Waals surface area contributed by atoms with Crippen molar-refractivity contribution in [2.24, 2.45) is 11.8 Å². The van der Waals surface area contributed by atoms with Gasteiger partial charge in [0.05, 0.1) is 5.92 Å². The predicted octanol–water partition coefficient (Wildman–Crippen LogP) is 2.04. The molecule has 2 atom stereocenters. The van der Waals surface area contributed by atoms with Gasteiger partial charge in [-0.25, -0.2) is 0 Å². The van der Waals surface area contributed by atoms with Gasteiger partial charge in [0, 0.05) is 18.7 Å². The number of hydrogen-bond donors (Lipinski definition) is 1. The van der Waals surface area contributed by atoms with Crippen LogP contribution in [0.3, 0.4) is 0 Å². The maximum absolute atomic E-state index is 12.4. The molecule has 1 aromatic carbocycles. The Morgan fingerprint density at radius 1 is 1.38 bits per heavy atom. The van der Waals surface area contributed by atoms with Crippen LogP contribution in [0.1, 0.15) is 17.3 Å². The molecular weight excluding hydrogens is 270 g/mol. The van der Waals surface area contributed by atoms with Gasteiger partial charge in [-0.1, -0.05) is 19.6 Å². The molecule has 0 saturated carbocycles. The Labute approximate surface area is 123 Å². The van der Waals surface area contributed by atoms with Crippen molar-refractivity contribution < 1.29 is 19.4 Å². The molecular formula is C16H19NO4. The zero-order valence-electron chi connectivity index (χ0n) is 12.0. The molecule has 112 valence electrons. The highest BCUT2D eigenvalue weighted by molar-refractivity contribution is 5.95. The number of carboxylic acids is 1. The lowest BCUT2D eigenvalue weighted by Crippen LogP contribution is -2.29. The lowest BCUT2D eigenvalue weighted by Gasteiger charge is -2.16. The molecule has 1 heterocycles. The fraction of sp³-hybridized carbons (Fsp3) is 0.375. The van der Waals surface area contributed by atoms with Crippen molar-refractivity contribution in [3.63, 3.8) is 0 Å². The summed E-state index contributed by atoms with van der Waals surface area (Å²) in [5, 5.41) is 9.11. The van der Waals surface area contributed by atoms with Crippen LogP contribution in [0, 0.1) is 11.8 Å². The van der Waals surface area contributed by atoms with E-state index in [1.54, 1.807) is 35.2 Å². The minimum absolute atomic E-state index is 0.0263. The van der Waals surface area contributed by atoms with Crippen LogP contribution in [0.5, 0.6) is 5.75 Å². The minimum Gasteiger partial charge on any atom is -0.490 e. The van der Waals surface area contributed by atoms with Crippen molar-refractivity contribution in [1.29, 1.82) is 0 Å². The molecule has 0 bridgehead atoms. The number of carboxylic acid groups (broad SMARTS) is 1. The molecule has 1 fully saturated rings. The Morgan fingerprint density at radius 3 is 2.57 bits per heavy atom. The number of likely N-dealkylation sites (tertiary alicyclic amines) is 1. The van der Waals surface area contributed by atoms with E-state index in [0.29, 0.717) is 24.5 Å². The predicted molar refractivity (Wildman–Crippen MR) is 78.3 cm³/mol. The normalized spacial score (nSPS) is 21.1. The van der Waals surface area contributed by atoms with Crippen molar-refractivity contribution in [1.82, 2.24) is 4.90 Å². The fourth-order valence-corrected chi connectivity index (χ4v) is 2.49. The molecule has 1 saturated heterocycles. The van der Waals surface area contributed by atoms with E-state index in [-0.39, 0.29) is 18.4 Å². The summed E-state index contributed by atoms with van der Waals surface area (Å²) < 4.78 is 5.36. The summed E-state index contributed by atoms with van der Waals surface area (Å²) in [5.74, 6) is -0.817. The lowest BCUT2D eigenvalue weighted by molar-refractivity contribution is -0.142. The maximum atomic E-state index is 12.4. The van der Waals surface area contributed by atoms with E-state index in [2.05, 4.69) is 6.58 Å². The van der Waals surface area contributed by atoms with E-state index < -0.39 is 11.9 Å². The van der Waals surface area contributed by atoms with Gasteiger partial charge in [0.1, 0.15) is 12.4 Å². The topological polar surface area (TPSA) is 66.8 Å². The van der Waals surface area contributed by atoms with E-state index in [1.807, 2.05) is 6.92 Å². The lowest BCUT2D eigenvalue weighted by atomic mass is 9.99. The van der Waals surface area contributed by atoms with Crippen LogP contribution in [0.15, 0.2) is 36.9 Å². The summed E-state index contributed by atoms with van der Waals surface area (Å²) in [5.41, 5.74) is 0.541. The highest BCUT2D eigenvalue weighted by Crippen LogP contribution is 2.25. The SMILES string of the molecule is C=CCOc1ccc(C(=O)N2C[C@@H](C)[C@H](C(=O)O)C2)cc1. The molecule has 21 heavy (non-hydrogen) atoms. The van der Waals surface area contributed by atoms with Crippen molar-refractivity contribution in [3.8, 4) is 5.75 Å². The maximum Gasteiger partial charge on any atom is 0.308 e. The van der Waals surface area contributed by atoms with Gasteiger partial charge < -0.3 is 14.7 Å². The fourth-order valence-electron chi connectivity index (χ4n) is 2.49. The highest BCUT2D eigenvalue weighted by atomic mass is 16.5. The van der Waals surface area contributed by atoms with Gasteiger partial charge in [0.25, 0.3) is 5.91 Å². The minimum atomic E-state index is -0.842. The summed E-state index contributed by atoms with van der Waals surface area (Å²) in [6.07, 6.45) is 1.65. The van der Waals surface area contributed by atoms with Gasteiger partial charge >= 0.3 is 5.97 Å². The van der Waals surface area contributed by atoms with Crippen LogP contribution in [-0.2, 0) is 4.79 Å². The molecule has 0 unspecified atom stereocenters. The number of carbonyl (C=O) groups is 2. The Kier molecular flexibility index (Phi) is 4.62. The molecule has 0 spiro atoms. The third-order valence-corrected chi connectivity index (χ3v) is 3.69. The van der Waals surface area contributed by atoms with E-state index in [4.69, 9.17) is 9.84 Å². The first-order valence-corrected chi connectivity index (χ1v) is 6.88. The number of aliphatic carboxylic acids is 1. The van der Waals surface area contributed by atoms with Gasteiger partial charge in [0.15, 0.2) is 0 Å². The van der Waals surface area contributed by atoms with E-state index in [0.717, 1.165) is 0 Å². The summed E-state index contributed by atoms with van der Waals surface area (Å²) in [6.45, 7) is 6.59. The van der Waals surface area contributed by atoms with Crippen molar-refractivity contribution in [3.05, 3.63) is 42.5 Å². The standard InChI is InChI=1S/C16H19NO4/c1-3-8-21-13-6-4-12(5-7-13)15(18)17-9-11(2)14(10-17)16(19)20/h3-7,11,14H,1,8-10H2,2H3,(H,19,20)/t11-,14-/m1/s1. The smallest absolute Gasteiger partial charge is 0.308 e. The van der Waals surface area contributed by atoms with Gasteiger partial charge in [-0.15, -0.1) is 0 Å². The number of hydrogen-bond acceptors (Lipinski definition) is 3. The van der Waals surface area contributed by atoms with Gasteiger partial charge in [-0.3, -0.25) is 9.59 Å². The Balaban J connectivity index is 2.03. The zero-order chi connectivity index (χ0) is 15.4. The first-order valence-electron chi connectivity index (χ1n) is 6.88. The van der Waals surface area contributed by atoms with Crippen molar-refractivity contribution in [2.75, 3.05) is 19.7 Å². The Hall–Kier alpha value is -2.30. The van der Waals surface area contributed by atoms with Crippen LogP contribution in [-0.4, -0.2) is 41.6 Å². The van der Waals surface area contributed by atoms with Crippen LogP contribution < -0.4 is 4.74 Å². The second-order valence-electron chi connectivity index (χ2n) is 5.26. The average molecular weight is 289 g/mol. The van der Waals surface area contributed by atoms with Gasteiger partial charge in [-0.2, -0.15) is 0 Å². The molecule has 1 N–H and O–H groups in total. The number of ether oxygens (including phenoxy) is 1. The second-order valence-corrected chi connectivity index (χ2v) is 5.26. The number of carbonyl (C=O) groups excluding carboxylic acids is 1. The Bertz CT molecular complexity index is 538. The van der Waals surface area contributed by atoms with Crippen LogP contribution in [0.25, 0.3) is 0 Å². The van der Waals surface area contributed by atoms with Crippen LogP contribution in [0.2, 0.25) is 0 Å². The number of rotatable bonds is 5. The van der Waals surface area contributed by atoms with Crippen molar-refractivity contribution >= 4 is 11.9 Å². The van der Waals surface area contributed by atoms with Crippen LogP contribution >= 0.6 is 0 Å². The summed E-state index contributed by atoms with van der Waals surface area (Å²) >= 11 is 0. The molecule has 5 nitrogen and oxygen atoms in total. The molecule has 2 rings (SSSR count). The quantitative estimate of drug-likeness (QED) is 0.842. The monoisotopic (exact) mass is 289 g/mol. The number of amides is 1. The highest BCUT2D eigenvalue weighted by Gasteiger charge is 2.37. The first kappa shape index (κ1) is 15.1. The third-order valence-electron chi connectivity index (χ3n) is 3.69. The first-order chi connectivity index (χ1) is 10.0. The molecule has 1 aliphatic heterocycles. The zero-order valence-corrected chi connectivity index (χ0v) is 12.0. The summed E-state index contributed by atoms with van der Waals surface area (Å²) in [4.78, 5) is 25.1. The summed E-state index contributed by atoms with van der Waals surface area (Å²) in [7, 11) is 0. The van der Waals surface area contributed by atoms with E-state index in [9.17, 15) is 9.59 Å². The molecule has 0 radical (unpaired) electrons. The third kappa shape index (κ3) is 3.42. The number of nitrogens with zero attached hydrogens (tertiary/aromatic N) is 1. The molecule has 1 aliphatic rings. The van der Waals surface area contributed by atoms with E-state index >= 15 is 0 Å². The molecule has 1 amide bonds. The largest absolute Gasteiger partial charge is 0.490 e. The average Bonchev–Trinajstić information content (AvgIpc) is 2.87. The van der Waals surface area contributed by atoms with Gasteiger partial charge in [-0.05, 0) is 30.2 Å². The second kappa shape index (κ2) is 6.43. The van der Waals surface area contributed by atoms with Crippen LogP contribution in [0.4, 0.5) is 0 Å². The number of benzene rings is 1. The molecule has 0 aliphatic carbocycles. The summed E-state index contributed by atoms with van der Waals surface area (Å²) in [6, 6.07) is 6.84. The molecule has 1 aromatic rings. The Morgan fingerprint density at radius 2 is 2.05 bits per heavy atom. The van der Waals surface area contributed by atoms with Gasteiger partial charge in [0.2, 0.25) is 0 Å². The van der Waals surface area contributed by atoms with E-state index in [1.165, 1.54) is 0 Å². The molecule has 5 heteroatoms. The van der Waals surface area contributed by atoms with Crippen molar-refractivity contribution in [2.45, 2.75) is 6.92 Å². The molecule has 0 aromatic heterocycles.